The normalized spacial score (nSPS) is 11.8. The van der Waals surface area contributed by atoms with Crippen molar-refractivity contribution in [1.82, 2.24) is 19.5 Å². The number of rotatable bonds is 2. The van der Waals surface area contributed by atoms with Crippen LogP contribution in [0.4, 0.5) is 0 Å². The van der Waals surface area contributed by atoms with Crippen molar-refractivity contribution in [1.29, 1.82) is 0 Å². The Balaban J connectivity index is 1.58. The Morgan fingerprint density at radius 2 is 1.67 bits per heavy atom. The molecule has 7 rings (SSSR count). The summed E-state index contributed by atoms with van der Waals surface area (Å²) in [6, 6.07) is 28.7. The molecule has 0 spiro atoms. The zero-order chi connectivity index (χ0) is 21.9. The van der Waals surface area contributed by atoms with Crippen LogP contribution in [-0.4, -0.2) is 19.5 Å². The van der Waals surface area contributed by atoms with Crippen LogP contribution in [0.1, 0.15) is 5.82 Å². The highest BCUT2D eigenvalue weighted by atomic mass is 16.3. The van der Waals surface area contributed by atoms with Crippen molar-refractivity contribution in [2.45, 2.75) is 6.92 Å². The van der Waals surface area contributed by atoms with Crippen molar-refractivity contribution in [3.63, 3.8) is 0 Å². The smallest absolute Gasteiger partial charge is 0.227 e. The number of imidazole rings is 1. The van der Waals surface area contributed by atoms with Crippen LogP contribution in [0.25, 0.3) is 61.0 Å². The molecule has 7 aromatic rings. The molecular formula is C28H18N4O. The molecule has 0 bridgehead atoms. The van der Waals surface area contributed by atoms with E-state index in [0.29, 0.717) is 5.71 Å². The van der Waals surface area contributed by atoms with E-state index in [0.717, 1.165) is 61.1 Å². The van der Waals surface area contributed by atoms with Gasteiger partial charge < -0.3 is 4.42 Å². The average Bonchev–Trinajstić information content (AvgIpc) is 3.40. The Morgan fingerprint density at radius 3 is 2.52 bits per heavy atom. The molecule has 0 aliphatic rings. The van der Waals surface area contributed by atoms with E-state index in [2.05, 4.69) is 45.9 Å². The number of aromatic nitrogens is 4. The molecule has 0 saturated heterocycles. The zero-order valence-electron chi connectivity index (χ0n) is 17.9. The number of benzene rings is 3. The molecule has 156 valence electrons. The third kappa shape index (κ3) is 2.62. The third-order valence-electron chi connectivity index (χ3n) is 6.19. The van der Waals surface area contributed by atoms with Crippen molar-refractivity contribution < 1.29 is 4.42 Å². The maximum absolute atomic E-state index is 6.37. The minimum absolute atomic E-state index is 0.617. The lowest BCUT2D eigenvalue weighted by molar-refractivity contribution is 0.657. The molecule has 0 amide bonds. The highest BCUT2D eigenvalue weighted by Gasteiger charge is 2.18. The van der Waals surface area contributed by atoms with Gasteiger partial charge in [-0.1, -0.05) is 42.5 Å². The molecule has 4 aromatic heterocycles. The molecule has 0 unspecified atom stereocenters. The average molecular weight is 426 g/mol. The fourth-order valence-electron chi connectivity index (χ4n) is 4.74. The van der Waals surface area contributed by atoms with Gasteiger partial charge in [-0.2, -0.15) is 0 Å². The minimum atomic E-state index is 0.617. The lowest BCUT2D eigenvalue weighted by atomic mass is 10.1. The molecular weight excluding hydrogens is 408 g/mol. The Bertz CT molecular complexity index is 1820. The lowest BCUT2D eigenvalue weighted by Gasteiger charge is -2.08. The van der Waals surface area contributed by atoms with Gasteiger partial charge in [-0.25, -0.2) is 9.97 Å². The number of hydrogen-bond acceptors (Lipinski definition) is 4. The van der Waals surface area contributed by atoms with Crippen LogP contribution >= 0.6 is 0 Å². The van der Waals surface area contributed by atoms with Gasteiger partial charge in [0.05, 0.1) is 16.7 Å². The molecule has 33 heavy (non-hydrogen) atoms. The third-order valence-corrected chi connectivity index (χ3v) is 6.19. The number of furan rings is 1. The second-order valence-corrected chi connectivity index (χ2v) is 8.18. The monoisotopic (exact) mass is 426 g/mol. The van der Waals surface area contributed by atoms with Gasteiger partial charge in [0.25, 0.3) is 0 Å². The number of fused-ring (bicyclic) bond motifs is 6. The van der Waals surface area contributed by atoms with Gasteiger partial charge in [-0.3, -0.25) is 9.55 Å². The number of para-hydroxylation sites is 2. The van der Waals surface area contributed by atoms with Crippen LogP contribution in [0.5, 0.6) is 0 Å². The van der Waals surface area contributed by atoms with Gasteiger partial charge in [-0.05, 0) is 49.4 Å². The van der Waals surface area contributed by atoms with Gasteiger partial charge in [-0.15, -0.1) is 0 Å². The van der Waals surface area contributed by atoms with Gasteiger partial charge in [0, 0.05) is 33.6 Å². The maximum atomic E-state index is 6.37. The van der Waals surface area contributed by atoms with Crippen molar-refractivity contribution >= 4 is 44.0 Å². The molecule has 0 saturated carbocycles. The molecule has 0 fully saturated rings. The number of pyridine rings is 2. The zero-order valence-corrected chi connectivity index (χ0v) is 17.9. The summed E-state index contributed by atoms with van der Waals surface area (Å²) in [5.74, 6) is 0.924. The van der Waals surface area contributed by atoms with E-state index < -0.39 is 0 Å². The van der Waals surface area contributed by atoms with E-state index in [1.807, 2.05) is 55.5 Å². The topological polar surface area (TPSA) is 56.7 Å². The van der Waals surface area contributed by atoms with Crippen LogP contribution in [0.3, 0.4) is 0 Å². The molecule has 0 aliphatic carbocycles. The van der Waals surface area contributed by atoms with Crippen LogP contribution < -0.4 is 0 Å². The highest BCUT2D eigenvalue weighted by Crippen LogP contribution is 2.37. The Hall–Kier alpha value is -4.51. The summed E-state index contributed by atoms with van der Waals surface area (Å²) in [6.07, 6.45) is 1.80. The summed E-state index contributed by atoms with van der Waals surface area (Å²) < 4.78 is 8.53. The SMILES string of the molecule is Cc1nc2ccc3cc4c(nc3c2n1-c1ccccc1)oc1c(-c2ccccn2)cccc14. The van der Waals surface area contributed by atoms with E-state index >= 15 is 0 Å². The first-order valence-electron chi connectivity index (χ1n) is 10.9. The van der Waals surface area contributed by atoms with Crippen LogP contribution in [0.2, 0.25) is 0 Å². The van der Waals surface area contributed by atoms with E-state index in [1.165, 1.54) is 0 Å². The predicted molar refractivity (Wildman–Crippen MR) is 132 cm³/mol. The lowest BCUT2D eigenvalue weighted by Crippen LogP contribution is -1.97. The van der Waals surface area contributed by atoms with E-state index in [4.69, 9.17) is 14.4 Å². The molecule has 0 radical (unpaired) electrons. The number of aryl methyl sites for hydroxylation is 1. The highest BCUT2D eigenvalue weighted by molar-refractivity contribution is 6.13. The van der Waals surface area contributed by atoms with Crippen LogP contribution in [0.15, 0.2) is 95.5 Å². The molecule has 0 atom stereocenters. The fourth-order valence-corrected chi connectivity index (χ4v) is 4.74. The number of nitrogens with zero attached hydrogens (tertiary/aromatic N) is 4. The minimum Gasteiger partial charge on any atom is -0.437 e. The standard InChI is InChI=1S/C28H18N4O/c1-17-30-24-14-13-18-16-22-20-10-7-11-21(23-12-5-6-15-29-23)27(20)33-28(22)31-25(18)26(24)32(17)19-8-3-2-4-9-19/h2-16H,1H3. The molecule has 4 heterocycles. The fraction of sp³-hybridized carbons (Fsp3) is 0.0357. The first kappa shape index (κ1) is 18.1. The molecule has 5 nitrogen and oxygen atoms in total. The summed E-state index contributed by atoms with van der Waals surface area (Å²) in [5, 5.41) is 3.09. The first-order chi connectivity index (χ1) is 16.3. The van der Waals surface area contributed by atoms with Gasteiger partial charge in [0.1, 0.15) is 16.9 Å². The summed E-state index contributed by atoms with van der Waals surface area (Å²) in [5.41, 5.74) is 7.11. The molecule has 0 aliphatic heterocycles. The van der Waals surface area contributed by atoms with Crippen molar-refractivity contribution in [2.24, 2.45) is 0 Å². The Kier molecular flexibility index (Phi) is 3.70. The second-order valence-electron chi connectivity index (χ2n) is 8.18. The Morgan fingerprint density at radius 1 is 0.788 bits per heavy atom. The predicted octanol–water partition coefficient (Wildman–Crippen LogP) is 6.84. The van der Waals surface area contributed by atoms with E-state index in [-0.39, 0.29) is 0 Å². The van der Waals surface area contributed by atoms with Crippen LogP contribution in [0, 0.1) is 6.92 Å². The molecule has 3 aromatic carbocycles. The summed E-state index contributed by atoms with van der Waals surface area (Å²) in [7, 11) is 0. The second kappa shape index (κ2) is 6.74. The van der Waals surface area contributed by atoms with Gasteiger partial charge in [0.15, 0.2) is 0 Å². The Labute approximate surface area is 189 Å². The number of hydrogen-bond donors (Lipinski definition) is 0. The van der Waals surface area contributed by atoms with Crippen molar-refractivity contribution in [2.75, 3.05) is 0 Å². The van der Waals surface area contributed by atoms with E-state index in [1.54, 1.807) is 6.20 Å². The summed E-state index contributed by atoms with van der Waals surface area (Å²) in [4.78, 5) is 14.4. The summed E-state index contributed by atoms with van der Waals surface area (Å²) in [6.45, 7) is 2.03. The molecule has 5 heteroatoms. The van der Waals surface area contributed by atoms with E-state index in [9.17, 15) is 0 Å². The van der Waals surface area contributed by atoms with Gasteiger partial charge >= 0.3 is 0 Å². The summed E-state index contributed by atoms with van der Waals surface area (Å²) >= 11 is 0. The maximum Gasteiger partial charge on any atom is 0.227 e. The van der Waals surface area contributed by atoms with Crippen molar-refractivity contribution in [3.8, 4) is 16.9 Å². The first-order valence-corrected chi connectivity index (χ1v) is 10.9. The van der Waals surface area contributed by atoms with Gasteiger partial charge in [0.2, 0.25) is 5.71 Å². The quantitative estimate of drug-likeness (QED) is 0.304. The van der Waals surface area contributed by atoms with Crippen molar-refractivity contribution in [3.05, 3.63) is 97.0 Å². The molecule has 0 N–H and O–H groups in total. The van der Waals surface area contributed by atoms with Crippen LogP contribution in [-0.2, 0) is 0 Å². The largest absolute Gasteiger partial charge is 0.437 e.